The van der Waals surface area contributed by atoms with Crippen molar-refractivity contribution in [1.29, 1.82) is 0 Å². The van der Waals surface area contributed by atoms with Crippen molar-refractivity contribution in [2.75, 3.05) is 13.1 Å². The summed E-state index contributed by atoms with van der Waals surface area (Å²) in [4.78, 5) is 0. The van der Waals surface area contributed by atoms with Gasteiger partial charge in [0.15, 0.2) is 0 Å². The molecule has 1 fully saturated rings. The van der Waals surface area contributed by atoms with Crippen LogP contribution in [0.15, 0.2) is 0 Å². The maximum atomic E-state index is 3.01. The molecule has 6 heteroatoms. The molecule has 0 spiro atoms. The van der Waals surface area contributed by atoms with Crippen LogP contribution < -0.4 is 33.0 Å². The molecular weight excluding hydrogens is 156 g/mol. The molecule has 0 atom stereocenters. The Morgan fingerprint density at radius 2 is 1.00 bits per heavy atom. The lowest BCUT2D eigenvalue weighted by atomic mass is 10.2. The Morgan fingerprint density at radius 1 is 0.500 bits per heavy atom. The lowest BCUT2D eigenvalue weighted by Crippen LogP contribution is -2.59. The topological polar surface area (TPSA) is 72.2 Å². The predicted octanol–water partition coefficient (Wildman–Crippen LogP) is -1.33. The van der Waals surface area contributed by atoms with Gasteiger partial charge in [0.05, 0.1) is 0 Å². The van der Waals surface area contributed by atoms with E-state index in [4.69, 9.17) is 0 Å². The molecule has 0 aromatic rings. The Kier molecular flexibility index (Phi) is 6.08. The van der Waals surface area contributed by atoms with Crippen LogP contribution in [0.1, 0.15) is 25.7 Å². The standard InChI is InChI=1S/C6H18N6/c1-2-4-6-8-10-12-11-9-7-5-3-1/h7-12H,1-6H2. The highest BCUT2D eigenvalue weighted by molar-refractivity contribution is 4.47. The van der Waals surface area contributed by atoms with Gasteiger partial charge in [-0.1, -0.05) is 12.8 Å². The normalized spacial score (nSPS) is 24.0. The van der Waals surface area contributed by atoms with Crippen molar-refractivity contribution in [3.63, 3.8) is 0 Å². The number of hydrazine groups is 5. The summed E-state index contributed by atoms with van der Waals surface area (Å²) in [7, 11) is 0. The van der Waals surface area contributed by atoms with E-state index < -0.39 is 0 Å². The highest BCUT2D eigenvalue weighted by Crippen LogP contribution is 1.96. The molecule has 0 radical (unpaired) electrons. The Hall–Kier alpha value is -0.240. The second-order valence-corrected chi connectivity index (χ2v) is 2.77. The van der Waals surface area contributed by atoms with Gasteiger partial charge < -0.3 is 0 Å². The smallest absolute Gasteiger partial charge is 0.0113 e. The molecule has 6 N–H and O–H groups in total. The van der Waals surface area contributed by atoms with Crippen LogP contribution in [0.25, 0.3) is 0 Å². The molecular formula is C6H18N6. The molecule has 1 saturated heterocycles. The van der Waals surface area contributed by atoms with Gasteiger partial charge in [-0.25, -0.2) is 10.9 Å². The van der Waals surface area contributed by atoms with Crippen molar-refractivity contribution in [3.05, 3.63) is 0 Å². The lowest BCUT2D eigenvalue weighted by molar-refractivity contribution is 0.287. The van der Waals surface area contributed by atoms with E-state index >= 15 is 0 Å². The summed E-state index contributed by atoms with van der Waals surface area (Å²) in [6, 6.07) is 0. The van der Waals surface area contributed by atoms with Crippen LogP contribution in [0.3, 0.4) is 0 Å². The molecule has 72 valence electrons. The largest absolute Gasteiger partial charge is 0.243 e. The Balaban J connectivity index is 2.00. The number of nitrogens with one attached hydrogen (secondary N) is 6. The summed E-state index contributed by atoms with van der Waals surface area (Å²) in [6.07, 6.45) is 4.98. The number of hydrogen-bond acceptors (Lipinski definition) is 6. The summed E-state index contributed by atoms with van der Waals surface area (Å²) in [5.74, 6) is 0. The fraction of sp³-hybridized carbons (Fsp3) is 1.00. The second-order valence-electron chi connectivity index (χ2n) is 2.77. The minimum absolute atomic E-state index is 0.988. The van der Waals surface area contributed by atoms with Crippen LogP contribution in [0, 0.1) is 0 Å². The summed E-state index contributed by atoms with van der Waals surface area (Å²) in [6.45, 7) is 1.98. The van der Waals surface area contributed by atoms with Crippen molar-refractivity contribution in [3.8, 4) is 0 Å². The molecule has 1 aliphatic rings. The predicted molar refractivity (Wildman–Crippen MR) is 47.0 cm³/mol. The van der Waals surface area contributed by atoms with Crippen LogP contribution in [-0.4, -0.2) is 13.1 Å². The lowest BCUT2D eigenvalue weighted by Gasteiger charge is -2.13. The van der Waals surface area contributed by atoms with Gasteiger partial charge in [0.2, 0.25) is 0 Å². The first kappa shape index (κ1) is 9.85. The van der Waals surface area contributed by atoms with Gasteiger partial charge in [-0.05, 0) is 12.8 Å². The van der Waals surface area contributed by atoms with Crippen LogP contribution in [0.4, 0.5) is 0 Å². The second kappa shape index (κ2) is 7.41. The van der Waals surface area contributed by atoms with Crippen molar-refractivity contribution in [1.82, 2.24) is 33.0 Å². The van der Waals surface area contributed by atoms with Crippen molar-refractivity contribution in [2.45, 2.75) is 25.7 Å². The van der Waals surface area contributed by atoms with Gasteiger partial charge in [0.1, 0.15) is 0 Å². The zero-order valence-corrected chi connectivity index (χ0v) is 7.24. The molecule has 1 aliphatic heterocycles. The van der Waals surface area contributed by atoms with Gasteiger partial charge in [0, 0.05) is 13.1 Å². The third kappa shape index (κ3) is 5.42. The monoisotopic (exact) mass is 174 g/mol. The molecule has 0 amide bonds. The summed E-state index contributed by atoms with van der Waals surface area (Å²) < 4.78 is 0. The van der Waals surface area contributed by atoms with E-state index in [0.717, 1.165) is 13.1 Å². The van der Waals surface area contributed by atoms with Gasteiger partial charge in [-0.3, -0.25) is 0 Å². The average Bonchev–Trinajstić information content (AvgIpc) is 2.05. The van der Waals surface area contributed by atoms with E-state index in [1.165, 1.54) is 25.7 Å². The minimum Gasteiger partial charge on any atom is -0.243 e. The van der Waals surface area contributed by atoms with Crippen molar-refractivity contribution < 1.29 is 0 Å². The molecule has 6 nitrogen and oxygen atoms in total. The fourth-order valence-electron chi connectivity index (χ4n) is 1.06. The molecule has 0 saturated carbocycles. The summed E-state index contributed by atoms with van der Waals surface area (Å²) in [5.41, 5.74) is 17.0. The molecule has 0 aromatic heterocycles. The molecule has 0 bridgehead atoms. The van der Waals surface area contributed by atoms with E-state index in [9.17, 15) is 0 Å². The highest BCUT2D eigenvalue weighted by atomic mass is 15.8. The Morgan fingerprint density at radius 3 is 1.50 bits per heavy atom. The third-order valence-corrected chi connectivity index (χ3v) is 1.72. The van der Waals surface area contributed by atoms with E-state index in [-0.39, 0.29) is 0 Å². The zero-order valence-electron chi connectivity index (χ0n) is 7.24. The van der Waals surface area contributed by atoms with Crippen LogP contribution in [-0.2, 0) is 0 Å². The highest BCUT2D eigenvalue weighted by Gasteiger charge is 1.91. The summed E-state index contributed by atoms with van der Waals surface area (Å²) >= 11 is 0. The van der Waals surface area contributed by atoms with E-state index in [1.807, 2.05) is 0 Å². The maximum Gasteiger partial charge on any atom is 0.0113 e. The molecule has 0 aliphatic carbocycles. The van der Waals surface area contributed by atoms with Gasteiger partial charge in [-0.15, -0.1) is 0 Å². The minimum atomic E-state index is 0.988. The maximum absolute atomic E-state index is 3.01. The Labute approximate surface area is 72.7 Å². The van der Waals surface area contributed by atoms with E-state index in [1.54, 1.807) is 0 Å². The van der Waals surface area contributed by atoms with Crippen LogP contribution >= 0.6 is 0 Å². The molecule has 1 rings (SSSR count). The van der Waals surface area contributed by atoms with E-state index in [2.05, 4.69) is 33.0 Å². The summed E-state index contributed by atoms with van der Waals surface area (Å²) in [5, 5.41) is 0. The zero-order chi connectivity index (χ0) is 8.49. The number of rotatable bonds is 0. The van der Waals surface area contributed by atoms with Gasteiger partial charge in [0.25, 0.3) is 0 Å². The quantitative estimate of drug-likeness (QED) is 0.273. The SMILES string of the molecule is C1CCCNNNNNNCC1. The first-order valence-electron chi connectivity index (χ1n) is 4.46. The van der Waals surface area contributed by atoms with Crippen molar-refractivity contribution in [2.24, 2.45) is 0 Å². The third-order valence-electron chi connectivity index (χ3n) is 1.72. The Bertz CT molecular complexity index is 55.0. The first-order valence-corrected chi connectivity index (χ1v) is 4.46. The fourth-order valence-corrected chi connectivity index (χ4v) is 1.06. The molecule has 1 heterocycles. The average molecular weight is 174 g/mol. The molecule has 12 heavy (non-hydrogen) atoms. The van der Waals surface area contributed by atoms with E-state index in [0.29, 0.717) is 0 Å². The van der Waals surface area contributed by atoms with Gasteiger partial charge >= 0.3 is 0 Å². The van der Waals surface area contributed by atoms with Gasteiger partial charge in [-0.2, -0.15) is 22.1 Å². The number of hydrogen-bond donors (Lipinski definition) is 6. The molecule has 0 aromatic carbocycles. The van der Waals surface area contributed by atoms with Crippen LogP contribution in [0.5, 0.6) is 0 Å². The van der Waals surface area contributed by atoms with Crippen LogP contribution in [0.2, 0.25) is 0 Å². The first-order chi connectivity index (χ1) is 6.00. The molecule has 0 unspecified atom stereocenters. The van der Waals surface area contributed by atoms with Crippen molar-refractivity contribution >= 4 is 0 Å².